The van der Waals surface area contributed by atoms with Gasteiger partial charge >= 0.3 is 0 Å². The third-order valence-electron chi connectivity index (χ3n) is 3.20. The van der Waals surface area contributed by atoms with Crippen LogP contribution in [0.3, 0.4) is 0 Å². The Bertz CT molecular complexity index is 671. The number of anilines is 1. The summed E-state index contributed by atoms with van der Waals surface area (Å²) in [6.07, 6.45) is 0. The van der Waals surface area contributed by atoms with Crippen molar-refractivity contribution in [1.82, 2.24) is 5.32 Å². The Labute approximate surface area is 128 Å². The van der Waals surface area contributed by atoms with E-state index in [9.17, 15) is 8.78 Å². The predicted octanol–water partition coefficient (Wildman–Crippen LogP) is 4.07. The van der Waals surface area contributed by atoms with E-state index in [1.807, 2.05) is 32.0 Å². The molecule has 2 aromatic rings. The number of hydrogen-bond donors (Lipinski definition) is 2. The Morgan fingerprint density at radius 1 is 1.00 bits per heavy atom. The van der Waals surface area contributed by atoms with Crippen molar-refractivity contribution in [2.45, 2.75) is 20.4 Å². The normalized spacial score (nSPS) is 10.3. The highest BCUT2D eigenvalue weighted by atomic mass is 32.1. The van der Waals surface area contributed by atoms with Gasteiger partial charge in [-0.15, -0.1) is 0 Å². The molecule has 0 aliphatic rings. The lowest BCUT2D eigenvalue weighted by molar-refractivity contribution is 0.507. The van der Waals surface area contributed by atoms with E-state index < -0.39 is 11.6 Å². The third kappa shape index (κ3) is 4.23. The Hall–Kier alpha value is -2.01. The zero-order valence-electron chi connectivity index (χ0n) is 11.8. The molecule has 0 amide bonds. The average molecular weight is 306 g/mol. The molecule has 0 saturated carbocycles. The van der Waals surface area contributed by atoms with Gasteiger partial charge in [0.15, 0.2) is 16.7 Å². The molecule has 2 N–H and O–H groups in total. The van der Waals surface area contributed by atoms with Gasteiger partial charge in [-0.2, -0.15) is 0 Å². The van der Waals surface area contributed by atoms with Gasteiger partial charge in [-0.25, -0.2) is 8.78 Å². The lowest BCUT2D eigenvalue weighted by Crippen LogP contribution is -2.28. The van der Waals surface area contributed by atoms with Crippen molar-refractivity contribution in [3.8, 4) is 0 Å². The second-order valence-corrected chi connectivity index (χ2v) is 5.26. The summed E-state index contributed by atoms with van der Waals surface area (Å²) in [5, 5.41) is 6.45. The average Bonchev–Trinajstić information content (AvgIpc) is 2.44. The number of thiocarbonyl (C=S) groups is 1. The molecule has 0 bridgehead atoms. The van der Waals surface area contributed by atoms with Crippen molar-refractivity contribution in [2.24, 2.45) is 0 Å². The van der Waals surface area contributed by atoms with Crippen molar-refractivity contribution >= 4 is 23.0 Å². The smallest absolute Gasteiger partial charge is 0.171 e. The summed E-state index contributed by atoms with van der Waals surface area (Å²) < 4.78 is 25.9. The fraction of sp³-hybridized carbons (Fsp3) is 0.188. The summed E-state index contributed by atoms with van der Waals surface area (Å²) in [7, 11) is 0. The third-order valence-corrected chi connectivity index (χ3v) is 3.45. The first-order chi connectivity index (χ1) is 9.95. The number of hydrogen-bond acceptors (Lipinski definition) is 1. The van der Waals surface area contributed by atoms with Crippen LogP contribution in [0.15, 0.2) is 36.4 Å². The van der Waals surface area contributed by atoms with Gasteiger partial charge < -0.3 is 10.6 Å². The number of aryl methyl sites for hydroxylation is 2. The molecule has 0 unspecified atom stereocenters. The molecule has 0 radical (unpaired) electrons. The summed E-state index contributed by atoms with van der Waals surface area (Å²) >= 11 is 5.18. The quantitative estimate of drug-likeness (QED) is 0.836. The first-order valence-electron chi connectivity index (χ1n) is 6.52. The second-order valence-electron chi connectivity index (χ2n) is 4.86. The lowest BCUT2D eigenvalue weighted by Gasteiger charge is -2.12. The molecule has 5 heteroatoms. The number of halogens is 2. The fourth-order valence-corrected chi connectivity index (χ4v) is 2.02. The molecule has 0 fully saturated rings. The monoisotopic (exact) mass is 306 g/mol. The van der Waals surface area contributed by atoms with Gasteiger partial charge in [0.05, 0.1) is 0 Å². The van der Waals surface area contributed by atoms with Crippen LogP contribution in [-0.4, -0.2) is 5.11 Å². The largest absolute Gasteiger partial charge is 0.358 e. The van der Waals surface area contributed by atoms with Crippen LogP contribution < -0.4 is 10.6 Å². The van der Waals surface area contributed by atoms with Crippen LogP contribution >= 0.6 is 12.2 Å². The van der Waals surface area contributed by atoms with E-state index >= 15 is 0 Å². The van der Waals surface area contributed by atoms with E-state index in [-0.39, 0.29) is 0 Å². The van der Waals surface area contributed by atoms with Crippen LogP contribution in [0, 0.1) is 25.5 Å². The molecule has 0 aromatic heterocycles. The molecule has 0 atom stereocenters. The highest BCUT2D eigenvalue weighted by Gasteiger charge is 2.04. The first kappa shape index (κ1) is 15.4. The van der Waals surface area contributed by atoms with Crippen molar-refractivity contribution in [1.29, 1.82) is 0 Å². The van der Waals surface area contributed by atoms with Crippen LogP contribution in [0.4, 0.5) is 14.5 Å². The standard InChI is InChI=1S/C16H16F2N2S/c1-10-3-5-13(7-11(10)2)20-16(21)19-9-12-4-6-14(17)15(18)8-12/h3-8H,9H2,1-2H3,(H2,19,20,21). The van der Waals surface area contributed by atoms with E-state index in [1.165, 1.54) is 17.2 Å². The van der Waals surface area contributed by atoms with Crippen molar-refractivity contribution in [3.05, 3.63) is 64.7 Å². The molecule has 21 heavy (non-hydrogen) atoms. The van der Waals surface area contributed by atoms with Gasteiger partial charge in [-0.1, -0.05) is 12.1 Å². The molecule has 2 nitrogen and oxygen atoms in total. The molecule has 0 spiro atoms. The van der Waals surface area contributed by atoms with Gasteiger partial charge in [0.1, 0.15) is 0 Å². The molecule has 0 aliphatic heterocycles. The molecule has 2 rings (SSSR count). The van der Waals surface area contributed by atoms with Gasteiger partial charge in [-0.3, -0.25) is 0 Å². The van der Waals surface area contributed by atoms with Gasteiger partial charge in [0, 0.05) is 12.2 Å². The number of nitrogens with one attached hydrogen (secondary N) is 2. The summed E-state index contributed by atoms with van der Waals surface area (Å²) in [5.74, 6) is -1.71. The van der Waals surface area contributed by atoms with Crippen LogP contribution in [-0.2, 0) is 6.54 Å². The Morgan fingerprint density at radius 3 is 2.43 bits per heavy atom. The Kier molecular flexibility index (Phi) is 4.85. The molecule has 2 aromatic carbocycles. The van der Waals surface area contributed by atoms with E-state index in [4.69, 9.17) is 12.2 Å². The topological polar surface area (TPSA) is 24.1 Å². The van der Waals surface area contributed by atoms with E-state index in [1.54, 1.807) is 0 Å². The summed E-state index contributed by atoms with van der Waals surface area (Å²) in [6.45, 7) is 4.39. The van der Waals surface area contributed by atoms with Gasteiger partial charge in [-0.05, 0) is 67.0 Å². The molecule has 0 saturated heterocycles. The summed E-state index contributed by atoms with van der Waals surface area (Å²) in [4.78, 5) is 0. The van der Waals surface area contributed by atoms with E-state index in [0.29, 0.717) is 17.2 Å². The maximum Gasteiger partial charge on any atom is 0.171 e. The van der Waals surface area contributed by atoms with Crippen molar-refractivity contribution < 1.29 is 8.78 Å². The van der Waals surface area contributed by atoms with Gasteiger partial charge in [0.2, 0.25) is 0 Å². The SMILES string of the molecule is Cc1ccc(NC(=S)NCc2ccc(F)c(F)c2)cc1C. The number of benzene rings is 2. The first-order valence-corrected chi connectivity index (χ1v) is 6.92. The zero-order valence-corrected chi connectivity index (χ0v) is 12.7. The highest BCUT2D eigenvalue weighted by molar-refractivity contribution is 7.80. The maximum atomic E-state index is 13.1. The minimum absolute atomic E-state index is 0.327. The fourth-order valence-electron chi connectivity index (χ4n) is 1.83. The van der Waals surface area contributed by atoms with Crippen LogP contribution in [0.1, 0.15) is 16.7 Å². The molecule has 0 aliphatic carbocycles. The second kappa shape index (κ2) is 6.63. The van der Waals surface area contributed by atoms with Crippen LogP contribution in [0.25, 0.3) is 0 Å². The zero-order chi connectivity index (χ0) is 15.4. The lowest BCUT2D eigenvalue weighted by atomic mass is 10.1. The van der Waals surface area contributed by atoms with Crippen LogP contribution in [0.5, 0.6) is 0 Å². The summed E-state index contributed by atoms with van der Waals surface area (Å²) in [6, 6.07) is 9.72. The van der Waals surface area contributed by atoms with E-state index in [2.05, 4.69) is 10.6 Å². The van der Waals surface area contributed by atoms with Crippen molar-refractivity contribution in [2.75, 3.05) is 5.32 Å². The molecular formula is C16H16F2N2S. The minimum atomic E-state index is -0.859. The highest BCUT2D eigenvalue weighted by Crippen LogP contribution is 2.14. The van der Waals surface area contributed by atoms with Crippen molar-refractivity contribution in [3.63, 3.8) is 0 Å². The Morgan fingerprint density at radius 2 is 1.76 bits per heavy atom. The molecule has 110 valence electrons. The Balaban J connectivity index is 1.92. The van der Waals surface area contributed by atoms with Gasteiger partial charge in [0.25, 0.3) is 0 Å². The molecule has 0 heterocycles. The number of rotatable bonds is 3. The van der Waals surface area contributed by atoms with Crippen LogP contribution in [0.2, 0.25) is 0 Å². The predicted molar refractivity (Wildman–Crippen MR) is 85.3 cm³/mol. The molecular weight excluding hydrogens is 290 g/mol. The minimum Gasteiger partial charge on any atom is -0.358 e. The summed E-state index contributed by atoms with van der Waals surface area (Å²) in [5.41, 5.74) is 3.89. The maximum absolute atomic E-state index is 13.1. The van der Waals surface area contributed by atoms with E-state index in [0.717, 1.165) is 17.8 Å².